The number of rotatable bonds is 6. The molecule has 1 atom stereocenters. The molecule has 2 rings (SSSR count). The number of hydrogen-bond acceptors (Lipinski definition) is 3. The minimum absolute atomic E-state index is 0.182. The Kier molecular flexibility index (Phi) is 5.75. The Morgan fingerprint density at radius 1 is 1.45 bits per heavy atom. The van der Waals surface area contributed by atoms with Crippen LogP contribution in [-0.4, -0.2) is 54.9 Å². The van der Waals surface area contributed by atoms with Crippen LogP contribution in [-0.2, 0) is 0 Å². The van der Waals surface area contributed by atoms with Crippen LogP contribution in [0, 0.1) is 0 Å². The number of benzene rings is 1. The zero-order valence-corrected chi connectivity index (χ0v) is 13.9. The van der Waals surface area contributed by atoms with Gasteiger partial charge in [0.2, 0.25) is 0 Å². The van der Waals surface area contributed by atoms with Crippen molar-refractivity contribution in [2.45, 2.75) is 25.8 Å². The summed E-state index contributed by atoms with van der Waals surface area (Å²) in [5.74, 6) is 0.182. The standard InChI is InChI=1S/C16H23BrN2O/c1-3-19-10-6-7-13(19)11-18(2)12-16(20)14-8-4-5-9-15(14)17/h4-5,8-9,13H,3,6-7,10-12H2,1-2H3. The zero-order chi connectivity index (χ0) is 14.5. The van der Waals surface area contributed by atoms with Gasteiger partial charge in [-0.05, 0) is 39.0 Å². The van der Waals surface area contributed by atoms with Crippen LogP contribution < -0.4 is 0 Å². The molecule has 1 aromatic rings. The van der Waals surface area contributed by atoms with Crippen LogP contribution in [0.5, 0.6) is 0 Å². The molecule has 0 bridgehead atoms. The smallest absolute Gasteiger partial charge is 0.177 e. The van der Waals surface area contributed by atoms with Gasteiger partial charge in [0.1, 0.15) is 0 Å². The van der Waals surface area contributed by atoms with Gasteiger partial charge < -0.3 is 0 Å². The summed E-state index contributed by atoms with van der Waals surface area (Å²) in [6.07, 6.45) is 2.53. The van der Waals surface area contributed by atoms with Gasteiger partial charge in [-0.15, -0.1) is 0 Å². The molecule has 1 unspecified atom stereocenters. The predicted molar refractivity (Wildman–Crippen MR) is 86.2 cm³/mol. The molecule has 0 N–H and O–H groups in total. The van der Waals surface area contributed by atoms with Crippen molar-refractivity contribution in [2.75, 3.05) is 33.2 Å². The van der Waals surface area contributed by atoms with Gasteiger partial charge in [-0.25, -0.2) is 0 Å². The molecule has 20 heavy (non-hydrogen) atoms. The molecule has 0 aliphatic carbocycles. The van der Waals surface area contributed by atoms with Gasteiger partial charge >= 0.3 is 0 Å². The van der Waals surface area contributed by atoms with Gasteiger partial charge in [0, 0.05) is 22.6 Å². The molecule has 4 heteroatoms. The second kappa shape index (κ2) is 7.34. The summed E-state index contributed by atoms with van der Waals surface area (Å²) in [7, 11) is 2.04. The Labute approximate surface area is 130 Å². The van der Waals surface area contributed by atoms with E-state index in [2.05, 4.69) is 32.7 Å². The lowest BCUT2D eigenvalue weighted by Gasteiger charge is -2.27. The molecule has 0 spiro atoms. The lowest BCUT2D eigenvalue weighted by atomic mass is 10.1. The van der Waals surface area contributed by atoms with E-state index in [-0.39, 0.29) is 5.78 Å². The third-order valence-corrected chi connectivity index (χ3v) is 4.71. The Balaban J connectivity index is 1.90. The Hall–Kier alpha value is -0.710. The number of likely N-dealkylation sites (N-methyl/N-ethyl adjacent to an activating group) is 2. The minimum Gasteiger partial charge on any atom is -0.299 e. The van der Waals surface area contributed by atoms with Crippen molar-refractivity contribution in [2.24, 2.45) is 0 Å². The Morgan fingerprint density at radius 3 is 2.90 bits per heavy atom. The molecule has 0 radical (unpaired) electrons. The van der Waals surface area contributed by atoms with Crippen molar-refractivity contribution in [1.29, 1.82) is 0 Å². The third-order valence-electron chi connectivity index (χ3n) is 4.02. The molecule has 3 nitrogen and oxygen atoms in total. The zero-order valence-electron chi connectivity index (χ0n) is 12.3. The summed E-state index contributed by atoms with van der Waals surface area (Å²) in [5, 5.41) is 0. The first kappa shape index (κ1) is 15.7. The molecule has 0 saturated carbocycles. The third kappa shape index (κ3) is 3.90. The SMILES string of the molecule is CCN1CCCC1CN(C)CC(=O)c1ccccc1Br. The van der Waals surface area contributed by atoms with Gasteiger partial charge in [0.05, 0.1) is 6.54 Å². The molecule has 0 amide bonds. The fourth-order valence-corrected chi connectivity index (χ4v) is 3.47. The average molecular weight is 339 g/mol. The number of carbonyl (C=O) groups excluding carboxylic acids is 1. The van der Waals surface area contributed by atoms with Gasteiger partial charge in [0.25, 0.3) is 0 Å². The maximum Gasteiger partial charge on any atom is 0.177 e. The van der Waals surface area contributed by atoms with Crippen LogP contribution in [0.4, 0.5) is 0 Å². The maximum absolute atomic E-state index is 12.3. The number of hydrogen-bond donors (Lipinski definition) is 0. The fraction of sp³-hybridized carbons (Fsp3) is 0.562. The van der Waals surface area contributed by atoms with Gasteiger partial charge in [-0.1, -0.05) is 41.1 Å². The van der Waals surface area contributed by atoms with Gasteiger partial charge in [-0.3, -0.25) is 14.6 Å². The normalized spacial score (nSPS) is 19.7. The molecule has 1 saturated heterocycles. The summed E-state index contributed by atoms with van der Waals surface area (Å²) >= 11 is 3.45. The van der Waals surface area contributed by atoms with E-state index in [1.807, 2.05) is 31.3 Å². The van der Waals surface area contributed by atoms with E-state index in [0.717, 1.165) is 23.1 Å². The van der Waals surface area contributed by atoms with Crippen molar-refractivity contribution in [1.82, 2.24) is 9.80 Å². The summed E-state index contributed by atoms with van der Waals surface area (Å²) in [4.78, 5) is 17.0. The number of ketones is 1. The van der Waals surface area contributed by atoms with Crippen LogP contribution in [0.2, 0.25) is 0 Å². The van der Waals surface area contributed by atoms with Crippen LogP contribution in [0.3, 0.4) is 0 Å². The number of nitrogens with zero attached hydrogens (tertiary/aromatic N) is 2. The Bertz CT molecular complexity index is 464. The number of Topliss-reactive ketones (excluding diaryl/α,β-unsaturated/α-hetero) is 1. The summed E-state index contributed by atoms with van der Waals surface area (Å²) < 4.78 is 0.884. The van der Waals surface area contributed by atoms with E-state index in [0.29, 0.717) is 12.6 Å². The summed E-state index contributed by atoms with van der Waals surface area (Å²) in [6, 6.07) is 8.25. The first-order chi connectivity index (χ1) is 9.61. The van der Waals surface area contributed by atoms with Crippen LogP contribution in [0.15, 0.2) is 28.7 Å². The minimum atomic E-state index is 0.182. The largest absolute Gasteiger partial charge is 0.299 e. The highest BCUT2D eigenvalue weighted by Gasteiger charge is 2.24. The molecule has 1 aliphatic rings. The monoisotopic (exact) mass is 338 g/mol. The second-order valence-corrected chi connectivity index (χ2v) is 6.38. The van der Waals surface area contributed by atoms with Crippen molar-refractivity contribution in [3.63, 3.8) is 0 Å². The second-order valence-electron chi connectivity index (χ2n) is 5.52. The molecule has 1 aromatic carbocycles. The first-order valence-electron chi connectivity index (χ1n) is 7.32. The van der Waals surface area contributed by atoms with Crippen molar-refractivity contribution >= 4 is 21.7 Å². The molecule has 1 fully saturated rings. The fourth-order valence-electron chi connectivity index (χ4n) is 2.96. The number of halogens is 1. The lowest BCUT2D eigenvalue weighted by Crippen LogP contribution is -2.40. The van der Waals surface area contributed by atoms with Crippen LogP contribution in [0.25, 0.3) is 0 Å². The first-order valence-corrected chi connectivity index (χ1v) is 8.11. The molecule has 110 valence electrons. The van der Waals surface area contributed by atoms with Crippen LogP contribution >= 0.6 is 15.9 Å². The Morgan fingerprint density at radius 2 is 2.20 bits per heavy atom. The van der Waals surface area contributed by atoms with Crippen molar-refractivity contribution in [3.8, 4) is 0 Å². The summed E-state index contributed by atoms with van der Waals surface area (Å²) in [6.45, 7) is 5.98. The van der Waals surface area contributed by atoms with E-state index in [1.54, 1.807) is 0 Å². The molecule has 1 aliphatic heterocycles. The van der Waals surface area contributed by atoms with Crippen molar-refractivity contribution < 1.29 is 4.79 Å². The van der Waals surface area contributed by atoms with E-state index in [1.165, 1.54) is 19.4 Å². The van der Waals surface area contributed by atoms with Crippen molar-refractivity contribution in [3.05, 3.63) is 34.3 Å². The molecular weight excluding hydrogens is 316 g/mol. The van der Waals surface area contributed by atoms with E-state index in [4.69, 9.17) is 0 Å². The lowest BCUT2D eigenvalue weighted by molar-refractivity contribution is 0.0928. The van der Waals surface area contributed by atoms with Gasteiger partial charge in [-0.2, -0.15) is 0 Å². The molecule has 0 aromatic heterocycles. The predicted octanol–water partition coefficient (Wildman–Crippen LogP) is 3.05. The van der Waals surface area contributed by atoms with Gasteiger partial charge in [0.15, 0.2) is 5.78 Å². The highest BCUT2D eigenvalue weighted by molar-refractivity contribution is 9.10. The summed E-state index contributed by atoms with van der Waals surface area (Å²) in [5.41, 5.74) is 0.776. The average Bonchev–Trinajstić information content (AvgIpc) is 2.86. The highest BCUT2D eigenvalue weighted by Crippen LogP contribution is 2.19. The van der Waals surface area contributed by atoms with E-state index < -0.39 is 0 Å². The number of carbonyl (C=O) groups is 1. The topological polar surface area (TPSA) is 23.6 Å². The molecule has 1 heterocycles. The van der Waals surface area contributed by atoms with E-state index >= 15 is 0 Å². The van der Waals surface area contributed by atoms with Crippen LogP contribution in [0.1, 0.15) is 30.1 Å². The highest BCUT2D eigenvalue weighted by atomic mass is 79.9. The van der Waals surface area contributed by atoms with E-state index in [9.17, 15) is 4.79 Å². The maximum atomic E-state index is 12.3. The molecular formula is C16H23BrN2O. The number of likely N-dealkylation sites (tertiary alicyclic amines) is 1. The quantitative estimate of drug-likeness (QED) is 0.745.